The van der Waals surface area contributed by atoms with Crippen molar-refractivity contribution in [2.24, 2.45) is 0 Å². The summed E-state index contributed by atoms with van der Waals surface area (Å²) in [5.41, 5.74) is 0.161. The molecule has 0 aliphatic carbocycles. The van der Waals surface area contributed by atoms with E-state index in [1.165, 1.54) is 12.1 Å². The lowest BCUT2D eigenvalue weighted by Gasteiger charge is -2.27. The molecular formula is C12H15ClN4O3. The van der Waals surface area contributed by atoms with Crippen molar-refractivity contribution in [2.75, 3.05) is 38.0 Å². The highest BCUT2D eigenvalue weighted by atomic mass is 35.5. The van der Waals surface area contributed by atoms with Crippen molar-refractivity contribution in [3.05, 3.63) is 33.3 Å². The standard InChI is InChI=1S/C12H15ClN4O3/c13-9-1-2-10(11(7-9)17(19)20)15-8-12(18)16-5-3-14-4-6-16/h1-2,7,14-15H,3-6,8H2. The van der Waals surface area contributed by atoms with E-state index in [2.05, 4.69) is 10.6 Å². The molecule has 0 atom stereocenters. The Labute approximate surface area is 121 Å². The molecule has 1 aliphatic rings. The molecule has 108 valence electrons. The highest BCUT2D eigenvalue weighted by Gasteiger charge is 2.18. The predicted molar refractivity (Wildman–Crippen MR) is 76.0 cm³/mol. The van der Waals surface area contributed by atoms with Crippen molar-refractivity contribution < 1.29 is 9.72 Å². The molecule has 0 aromatic heterocycles. The number of nitrogens with one attached hydrogen (secondary N) is 2. The molecule has 1 saturated heterocycles. The molecular weight excluding hydrogens is 284 g/mol. The molecule has 1 aliphatic heterocycles. The van der Waals surface area contributed by atoms with Crippen molar-refractivity contribution in [1.29, 1.82) is 0 Å². The number of piperazine rings is 1. The molecule has 1 aromatic rings. The van der Waals surface area contributed by atoms with E-state index in [9.17, 15) is 14.9 Å². The van der Waals surface area contributed by atoms with Gasteiger partial charge in [-0.25, -0.2) is 0 Å². The third-order valence-corrected chi connectivity index (χ3v) is 3.29. The number of hydrogen-bond donors (Lipinski definition) is 2. The van der Waals surface area contributed by atoms with E-state index in [4.69, 9.17) is 11.6 Å². The number of nitro groups is 1. The third kappa shape index (κ3) is 3.58. The number of anilines is 1. The van der Waals surface area contributed by atoms with Gasteiger partial charge in [-0.2, -0.15) is 0 Å². The van der Waals surface area contributed by atoms with Crippen LogP contribution >= 0.6 is 11.6 Å². The maximum Gasteiger partial charge on any atom is 0.293 e. The van der Waals surface area contributed by atoms with Crippen LogP contribution in [-0.4, -0.2) is 48.5 Å². The van der Waals surface area contributed by atoms with Crippen LogP contribution < -0.4 is 10.6 Å². The molecule has 1 fully saturated rings. The zero-order chi connectivity index (χ0) is 14.5. The Morgan fingerprint density at radius 2 is 2.15 bits per heavy atom. The number of hydrogen-bond acceptors (Lipinski definition) is 5. The molecule has 0 unspecified atom stereocenters. The largest absolute Gasteiger partial charge is 0.371 e. The van der Waals surface area contributed by atoms with Gasteiger partial charge in [-0.1, -0.05) is 11.6 Å². The van der Waals surface area contributed by atoms with Crippen molar-refractivity contribution in [3.63, 3.8) is 0 Å². The van der Waals surface area contributed by atoms with Crippen LogP contribution in [0.4, 0.5) is 11.4 Å². The van der Waals surface area contributed by atoms with E-state index in [1.807, 2.05) is 0 Å². The second-order valence-corrected chi connectivity index (χ2v) is 4.84. The van der Waals surface area contributed by atoms with Gasteiger partial charge in [-0.3, -0.25) is 14.9 Å². The summed E-state index contributed by atoms with van der Waals surface area (Å²) >= 11 is 5.73. The fourth-order valence-electron chi connectivity index (χ4n) is 2.00. The molecule has 0 bridgehead atoms. The zero-order valence-corrected chi connectivity index (χ0v) is 11.5. The molecule has 2 N–H and O–H groups in total. The van der Waals surface area contributed by atoms with Crippen LogP contribution in [0.3, 0.4) is 0 Å². The summed E-state index contributed by atoms with van der Waals surface area (Å²) in [7, 11) is 0. The summed E-state index contributed by atoms with van der Waals surface area (Å²) in [5, 5.41) is 17.2. The van der Waals surface area contributed by atoms with Crippen LogP contribution in [-0.2, 0) is 4.79 Å². The Hall–Kier alpha value is -1.86. The van der Waals surface area contributed by atoms with Crippen LogP contribution in [0.5, 0.6) is 0 Å². The second kappa shape index (κ2) is 6.53. The summed E-state index contributed by atoms with van der Waals surface area (Å²) in [6.07, 6.45) is 0. The number of nitrogens with zero attached hydrogens (tertiary/aromatic N) is 2. The highest BCUT2D eigenvalue weighted by molar-refractivity contribution is 6.30. The van der Waals surface area contributed by atoms with Crippen molar-refractivity contribution in [1.82, 2.24) is 10.2 Å². The van der Waals surface area contributed by atoms with Crippen LogP contribution in [0.25, 0.3) is 0 Å². The molecule has 1 heterocycles. The van der Waals surface area contributed by atoms with E-state index < -0.39 is 4.92 Å². The molecule has 7 nitrogen and oxygen atoms in total. The smallest absolute Gasteiger partial charge is 0.293 e. The van der Waals surface area contributed by atoms with E-state index in [1.54, 1.807) is 11.0 Å². The minimum Gasteiger partial charge on any atom is -0.371 e. The quantitative estimate of drug-likeness (QED) is 0.642. The normalized spacial score (nSPS) is 14.9. The number of benzene rings is 1. The molecule has 0 saturated carbocycles. The zero-order valence-electron chi connectivity index (χ0n) is 10.8. The maximum atomic E-state index is 12.0. The molecule has 2 rings (SSSR count). The minimum absolute atomic E-state index is 0.0302. The second-order valence-electron chi connectivity index (χ2n) is 4.40. The third-order valence-electron chi connectivity index (χ3n) is 3.06. The van der Waals surface area contributed by atoms with Gasteiger partial charge in [0, 0.05) is 37.3 Å². The fourth-order valence-corrected chi connectivity index (χ4v) is 2.17. The number of nitro benzene ring substituents is 1. The SMILES string of the molecule is O=C(CNc1ccc(Cl)cc1[N+](=O)[O-])N1CCNCC1. The molecule has 0 radical (unpaired) electrons. The molecule has 20 heavy (non-hydrogen) atoms. The van der Waals surface area contributed by atoms with Gasteiger partial charge in [0.05, 0.1) is 11.5 Å². The number of carbonyl (C=O) groups excluding carboxylic acids is 1. The Balaban J connectivity index is 1.99. The number of halogens is 1. The Kier molecular flexibility index (Phi) is 4.75. The monoisotopic (exact) mass is 298 g/mol. The molecule has 0 spiro atoms. The Morgan fingerprint density at radius 1 is 1.45 bits per heavy atom. The van der Waals surface area contributed by atoms with Gasteiger partial charge in [0.15, 0.2) is 0 Å². The topological polar surface area (TPSA) is 87.5 Å². The van der Waals surface area contributed by atoms with Gasteiger partial charge in [-0.05, 0) is 12.1 Å². The predicted octanol–water partition coefficient (Wildman–Crippen LogP) is 1.09. The number of carbonyl (C=O) groups is 1. The van der Waals surface area contributed by atoms with Crippen molar-refractivity contribution >= 4 is 28.9 Å². The van der Waals surface area contributed by atoms with Crippen LogP contribution in [0.15, 0.2) is 18.2 Å². The van der Waals surface area contributed by atoms with E-state index >= 15 is 0 Å². The van der Waals surface area contributed by atoms with E-state index in [-0.39, 0.29) is 23.2 Å². The summed E-state index contributed by atoms with van der Waals surface area (Å²) in [4.78, 5) is 24.1. The summed E-state index contributed by atoms with van der Waals surface area (Å²) in [6.45, 7) is 2.88. The average Bonchev–Trinajstić information content (AvgIpc) is 2.46. The lowest BCUT2D eigenvalue weighted by molar-refractivity contribution is -0.383. The van der Waals surface area contributed by atoms with E-state index in [0.717, 1.165) is 13.1 Å². The van der Waals surface area contributed by atoms with Crippen molar-refractivity contribution in [3.8, 4) is 0 Å². The van der Waals surface area contributed by atoms with Gasteiger partial charge in [0.25, 0.3) is 5.69 Å². The minimum atomic E-state index is -0.524. The lowest BCUT2D eigenvalue weighted by atomic mass is 10.2. The summed E-state index contributed by atoms with van der Waals surface area (Å²) in [6, 6.07) is 4.32. The highest BCUT2D eigenvalue weighted by Crippen LogP contribution is 2.27. The average molecular weight is 299 g/mol. The first kappa shape index (κ1) is 14.5. The van der Waals surface area contributed by atoms with E-state index in [0.29, 0.717) is 18.8 Å². The van der Waals surface area contributed by atoms with Crippen LogP contribution in [0.1, 0.15) is 0 Å². The molecule has 1 amide bonds. The number of amides is 1. The van der Waals surface area contributed by atoms with Crippen LogP contribution in [0, 0.1) is 10.1 Å². The fraction of sp³-hybridized carbons (Fsp3) is 0.417. The summed E-state index contributed by atoms with van der Waals surface area (Å²) in [5.74, 6) is -0.0734. The van der Waals surface area contributed by atoms with Gasteiger partial charge in [-0.15, -0.1) is 0 Å². The van der Waals surface area contributed by atoms with Gasteiger partial charge in [0.2, 0.25) is 5.91 Å². The van der Waals surface area contributed by atoms with Crippen molar-refractivity contribution in [2.45, 2.75) is 0 Å². The Bertz CT molecular complexity index is 517. The molecule has 8 heteroatoms. The maximum absolute atomic E-state index is 12.0. The lowest BCUT2D eigenvalue weighted by Crippen LogP contribution is -2.48. The van der Waals surface area contributed by atoms with Gasteiger partial charge in [0.1, 0.15) is 5.69 Å². The first-order chi connectivity index (χ1) is 9.58. The first-order valence-electron chi connectivity index (χ1n) is 6.24. The van der Waals surface area contributed by atoms with Gasteiger partial charge < -0.3 is 15.5 Å². The molecule has 1 aromatic carbocycles. The van der Waals surface area contributed by atoms with Crippen LogP contribution in [0.2, 0.25) is 5.02 Å². The summed E-state index contributed by atoms with van der Waals surface area (Å²) < 4.78 is 0. The first-order valence-corrected chi connectivity index (χ1v) is 6.62. The Morgan fingerprint density at radius 3 is 2.80 bits per heavy atom. The number of rotatable bonds is 4. The van der Waals surface area contributed by atoms with Gasteiger partial charge >= 0.3 is 0 Å².